The van der Waals surface area contributed by atoms with Crippen LogP contribution in [-0.4, -0.2) is 32.1 Å². The van der Waals surface area contributed by atoms with Gasteiger partial charge in [-0.1, -0.05) is 0 Å². The largest absolute Gasteiger partial charge is 0.346 e. The zero-order chi connectivity index (χ0) is 8.16. The molecule has 4 nitrogen and oxygen atoms in total. The van der Waals surface area contributed by atoms with Crippen molar-refractivity contribution < 1.29 is 9.47 Å². The molecule has 1 aliphatic rings. The third-order valence-electron chi connectivity index (χ3n) is 1.89. The molecular weight excluding hydrogens is 144 g/mol. The average molecular weight is 160 g/mol. The predicted molar refractivity (Wildman–Crippen MR) is 42.0 cm³/mol. The Morgan fingerprint density at radius 2 is 1.82 bits per heavy atom. The zero-order valence-corrected chi connectivity index (χ0v) is 6.71. The summed E-state index contributed by atoms with van der Waals surface area (Å²) in [7, 11) is 0. The second kappa shape index (κ2) is 4.01. The van der Waals surface area contributed by atoms with Crippen molar-refractivity contribution in [1.82, 2.24) is 0 Å². The predicted octanol–water partition coefficient (Wildman–Crippen LogP) is -0.573. The summed E-state index contributed by atoms with van der Waals surface area (Å²) in [5, 5.41) is 0. The third kappa shape index (κ3) is 2.13. The summed E-state index contributed by atoms with van der Waals surface area (Å²) >= 11 is 0. The van der Waals surface area contributed by atoms with E-state index in [0.29, 0.717) is 26.3 Å². The fraction of sp³-hybridized carbons (Fsp3) is 1.00. The maximum Gasteiger partial charge on any atom is 0.180 e. The lowest BCUT2D eigenvalue weighted by molar-refractivity contribution is -0.153. The van der Waals surface area contributed by atoms with Gasteiger partial charge in [-0.2, -0.15) is 0 Å². The number of rotatable bonds is 4. The Morgan fingerprint density at radius 1 is 1.18 bits per heavy atom. The smallest absolute Gasteiger partial charge is 0.180 e. The van der Waals surface area contributed by atoms with Crippen LogP contribution in [0, 0.1) is 0 Å². The topological polar surface area (TPSA) is 70.5 Å². The molecule has 0 atom stereocenters. The second-order valence-electron chi connectivity index (χ2n) is 2.70. The van der Waals surface area contributed by atoms with Gasteiger partial charge in [0.1, 0.15) is 0 Å². The molecule has 66 valence electrons. The van der Waals surface area contributed by atoms with Crippen LogP contribution in [-0.2, 0) is 9.47 Å². The van der Waals surface area contributed by atoms with Gasteiger partial charge in [-0.25, -0.2) is 0 Å². The molecule has 0 aromatic heterocycles. The Hall–Kier alpha value is -0.160. The quantitative estimate of drug-likeness (QED) is 0.577. The molecule has 0 aliphatic carbocycles. The highest BCUT2D eigenvalue weighted by Crippen LogP contribution is 2.22. The molecule has 0 aromatic rings. The SMILES string of the molecule is NCCCC1(CN)OCCO1. The van der Waals surface area contributed by atoms with Crippen LogP contribution in [0.2, 0.25) is 0 Å². The van der Waals surface area contributed by atoms with Gasteiger partial charge < -0.3 is 20.9 Å². The van der Waals surface area contributed by atoms with Gasteiger partial charge in [0.05, 0.1) is 13.2 Å². The van der Waals surface area contributed by atoms with Crippen LogP contribution in [0.4, 0.5) is 0 Å². The number of hydrogen-bond donors (Lipinski definition) is 2. The van der Waals surface area contributed by atoms with Crippen molar-refractivity contribution in [2.24, 2.45) is 11.5 Å². The van der Waals surface area contributed by atoms with Crippen LogP contribution in [0.15, 0.2) is 0 Å². The molecule has 4 N–H and O–H groups in total. The highest BCUT2D eigenvalue weighted by atomic mass is 16.7. The van der Waals surface area contributed by atoms with Crippen LogP contribution in [0.1, 0.15) is 12.8 Å². The van der Waals surface area contributed by atoms with Crippen molar-refractivity contribution in [2.75, 3.05) is 26.3 Å². The first-order valence-electron chi connectivity index (χ1n) is 4.01. The first kappa shape index (κ1) is 8.93. The number of hydrogen-bond acceptors (Lipinski definition) is 4. The van der Waals surface area contributed by atoms with Crippen molar-refractivity contribution >= 4 is 0 Å². The first-order chi connectivity index (χ1) is 5.33. The van der Waals surface area contributed by atoms with Gasteiger partial charge in [0, 0.05) is 13.0 Å². The average Bonchev–Trinajstić information content (AvgIpc) is 2.50. The fourth-order valence-electron chi connectivity index (χ4n) is 1.23. The molecule has 0 amide bonds. The molecule has 0 unspecified atom stereocenters. The van der Waals surface area contributed by atoms with Crippen LogP contribution in [0.25, 0.3) is 0 Å². The molecule has 1 saturated heterocycles. The van der Waals surface area contributed by atoms with Gasteiger partial charge >= 0.3 is 0 Å². The Morgan fingerprint density at radius 3 is 2.27 bits per heavy atom. The summed E-state index contributed by atoms with van der Waals surface area (Å²) < 4.78 is 10.8. The standard InChI is InChI=1S/C7H16N2O2/c8-3-1-2-7(6-9)10-4-5-11-7/h1-6,8-9H2. The summed E-state index contributed by atoms with van der Waals surface area (Å²) in [5.74, 6) is -0.515. The van der Waals surface area contributed by atoms with E-state index >= 15 is 0 Å². The summed E-state index contributed by atoms with van der Waals surface area (Å²) in [6, 6.07) is 0. The van der Waals surface area contributed by atoms with Gasteiger partial charge in [-0.15, -0.1) is 0 Å². The molecule has 1 heterocycles. The number of nitrogens with two attached hydrogens (primary N) is 2. The number of ether oxygens (including phenoxy) is 2. The fourth-order valence-corrected chi connectivity index (χ4v) is 1.23. The molecule has 11 heavy (non-hydrogen) atoms. The Labute approximate surface area is 66.8 Å². The molecule has 1 rings (SSSR count). The molecule has 1 aliphatic heterocycles. The summed E-state index contributed by atoms with van der Waals surface area (Å²) in [6.45, 7) is 2.39. The Kier molecular flexibility index (Phi) is 3.26. The summed E-state index contributed by atoms with van der Waals surface area (Å²) in [4.78, 5) is 0. The molecule has 0 aromatic carbocycles. The minimum atomic E-state index is -0.515. The van der Waals surface area contributed by atoms with E-state index in [2.05, 4.69) is 0 Å². The van der Waals surface area contributed by atoms with Gasteiger partial charge in [-0.05, 0) is 13.0 Å². The minimum Gasteiger partial charge on any atom is -0.346 e. The van der Waals surface area contributed by atoms with E-state index in [-0.39, 0.29) is 0 Å². The van der Waals surface area contributed by atoms with Crippen LogP contribution < -0.4 is 11.5 Å². The molecule has 1 fully saturated rings. The lowest BCUT2D eigenvalue weighted by atomic mass is 10.1. The summed E-state index contributed by atoms with van der Waals surface area (Å²) in [5.41, 5.74) is 10.9. The van der Waals surface area contributed by atoms with E-state index < -0.39 is 5.79 Å². The van der Waals surface area contributed by atoms with Crippen molar-refractivity contribution in [1.29, 1.82) is 0 Å². The van der Waals surface area contributed by atoms with Crippen molar-refractivity contribution in [2.45, 2.75) is 18.6 Å². The van der Waals surface area contributed by atoms with E-state index in [1.807, 2.05) is 0 Å². The van der Waals surface area contributed by atoms with E-state index in [0.717, 1.165) is 12.8 Å². The van der Waals surface area contributed by atoms with Gasteiger partial charge in [-0.3, -0.25) is 0 Å². The van der Waals surface area contributed by atoms with E-state index in [9.17, 15) is 0 Å². The molecule has 0 radical (unpaired) electrons. The van der Waals surface area contributed by atoms with Gasteiger partial charge in [0.15, 0.2) is 5.79 Å². The van der Waals surface area contributed by atoms with Crippen molar-refractivity contribution in [3.05, 3.63) is 0 Å². The Balaban J connectivity index is 2.33. The van der Waals surface area contributed by atoms with Crippen LogP contribution in [0.3, 0.4) is 0 Å². The third-order valence-corrected chi connectivity index (χ3v) is 1.89. The zero-order valence-electron chi connectivity index (χ0n) is 6.71. The summed E-state index contributed by atoms with van der Waals surface area (Å²) in [6.07, 6.45) is 1.71. The monoisotopic (exact) mass is 160 g/mol. The van der Waals surface area contributed by atoms with Crippen molar-refractivity contribution in [3.63, 3.8) is 0 Å². The highest BCUT2D eigenvalue weighted by molar-refractivity contribution is 4.74. The van der Waals surface area contributed by atoms with E-state index in [1.54, 1.807) is 0 Å². The van der Waals surface area contributed by atoms with E-state index in [4.69, 9.17) is 20.9 Å². The van der Waals surface area contributed by atoms with Crippen molar-refractivity contribution in [3.8, 4) is 0 Å². The van der Waals surface area contributed by atoms with Gasteiger partial charge in [0.25, 0.3) is 0 Å². The van der Waals surface area contributed by atoms with Crippen LogP contribution in [0.5, 0.6) is 0 Å². The normalized spacial score (nSPS) is 22.4. The van der Waals surface area contributed by atoms with Crippen LogP contribution >= 0.6 is 0 Å². The van der Waals surface area contributed by atoms with E-state index in [1.165, 1.54) is 0 Å². The highest BCUT2D eigenvalue weighted by Gasteiger charge is 2.33. The first-order valence-corrected chi connectivity index (χ1v) is 4.01. The molecule has 0 bridgehead atoms. The molecule has 0 spiro atoms. The van der Waals surface area contributed by atoms with Gasteiger partial charge in [0.2, 0.25) is 0 Å². The second-order valence-corrected chi connectivity index (χ2v) is 2.70. The molecular formula is C7H16N2O2. The Bertz CT molecular complexity index is 113. The maximum absolute atomic E-state index is 5.52. The molecule has 4 heteroatoms. The lowest BCUT2D eigenvalue weighted by Gasteiger charge is -2.24. The molecule has 0 saturated carbocycles. The minimum absolute atomic E-state index is 0.424. The lowest BCUT2D eigenvalue weighted by Crippen LogP contribution is -2.39. The maximum atomic E-state index is 5.52.